The first-order chi connectivity index (χ1) is 10.00. The van der Waals surface area contributed by atoms with Crippen molar-refractivity contribution in [3.63, 3.8) is 0 Å². The topological polar surface area (TPSA) is 91.0 Å². The summed E-state index contributed by atoms with van der Waals surface area (Å²) in [6.45, 7) is 6.77. The van der Waals surface area contributed by atoms with Crippen molar-refractivity contribution in [3.8, 4) is 0 Å². The molecule has 4 N–H and O–H groups in total. The molecule has 6 heteroatoms. The molecule has 6 nitrogen and oxygen atoms in total. The van der Waals surface area contributed by atoms with E-state index in [2.05, 4.69) is 22.4 Å². The third-order valence-electron chi connectivity index (χ3n) is 4.43. The van der Waals surface area contributed by atoms with Gasteiger partial charge in [-0.25, -0.2) is 0 Å². The van der Waals surface area contributed by atoms with Gasteiger partial charge in [0.1, 0.15) is 5.41 Å². The Morgan fingerprint density at radius 1 is 1.43 bits per heavy atom. The molecule has 0 saturated carbocycles. The van der Waals surface area contributed by atoms with Gasteiger partial charge in [-0.15, -0.1) is 0 Å². The highest BCUT2D eigenvalue weighted by molar-refractivity contribution is 6.06. The van der Waals surface area contributed by atoms with Gasteiger partial charge in [0, 0.05) is 13.1 Å². The quantitative estimate of drug-likeness (QED) is 0.273. The highest BCUT2D eigenvalue weighted by Gasteiger charge is 2.41. The minimum absolute atomic E-state index is 0.0345. The van der Waals surface area contributed by atoms with Gasteiger partial charge in [-0.05, 0) is 38.8 Å². The number of nitrogens with two attached hydrogens (primary N) is 1. The number of carbonyl (C=O) groups excluding carboxylic acids is 1. The predicted molar refractivity (Wildman–Crippen MR) is 84.3 cm³/mol. The molecule has 1 rings (SSSR count). The Kier molecular flexibility index (Phi) is 6.95. The average molecular weight is 298 g/mol. The van der Waals surface area contributed by atoms with Crippen LogP contribution < -0.4 is 11.1 Å². The molecule has 1 fully saturated rings. The van der Waals surface area contributed by atoms with Gasteiger partial charge in [-0.2, -0.15) is 0 Å². The lowest BCUT2D eigenvalue weighted by Gasteiger charge is -2.31. The molecular weight excluding hydrogens is 268 g/mol. The fourth-order valence-electron chi connectivity index (χ4n) is 3.27. The van der Waals surface area contributed by atoms with Crippen molar-refractivity contribution in [1.82, 2.24) is 10.2 Å². The molecule has 0 spiro atoms. The standard InChI is InChI=1S/C15H30N4O2/c1-4-7-15(8-5-2,13(16)18-21)14(20)17-10-12-6-9-19(3)11-12/h12,21H,4-11H2,1-3H3,(H2,16,18)(H,17,20). The Hall–Kier alpha value is -1.30. The van der Waals surface area contributed by atoms with Crippen molar-refractivity contribution in [1.29, 1.82) is 0 Å². The second-order valence-corrected chi connectivity index (χ2v) is 6.19. The molecule has 0 aromatic carbocycles. The van der Waals surface area contributed by atoms with E-state index in [0.29, 0.717) is 25.3 Å². The molecule has 0 aromatic rings. The summed E-state index contributed by atoms with van der Waals surface area (Å²) in [6.07, 6.45) is 3.95. The molecule has 0 radical (unpaired) electrons. The number of oxime groups is 1. The van der Waals surface area contributed by atoms with E-state index in [1.165, 1.54) is 0 Å². The van der Waals surface area contributed by atoms with E-state index in [-0.39, 0.29) is 11.7 Å². The highest BCUT2D eigenvalue weighted by Crippen LogP contribution is 2.31. The van der Waals surface area contributed by atoms with Crippen LogP contribution in [0, 0.1) is 11.3 Å². The van der Waals surface area contributed by atoms with Gasteiger partial charge in [0.25, 0.3) is 0 Å². The molecule has 21 heavy (non-hydrogen) atoms. The summed E-state index contributed by atoms with van der Waals surface area (Å²) in [5, 5.41) is 15.2. The summed E-state index contributed by atoms with van der Waals surface area (Å²) >= 11 is 0. The normalized spacial score (nSPS) is 20.7. The summed E-state index contributed by atoms with van der Waals surface area (Å²) in [5.41, 5.74) is 4.99. The lowest BCUT2D eigenvalue weighted by molar-refractivity contribution is -0.128. The van der Waals surface area contributed by atoms with E-state index in [1.54, 1.807) is 0 Å². The Balaban J connectivity index is 2.74. The van der Waals surface area contributed by atoms with Gasteiger partial charge in [0.15, 0.2) is 5.84 Å². The fourth-order valence-corrected chi connectivity index (χ4v) is 3.27. The molecule has 1 unspecified atom stereocenters. The lowest BCUT2D eigenvalue weighted by atomic mass is 9.77. The summed E-state index contributed by atoms with van der Waals surface area (Å²) in [5.74, 6) is 0.426. The Morgan fingerprint density at radius 2 is 2.05 bits per heavy atom. The minimum atomic E-state index is -0.872. The first kappa shape index (κ1) is 17.8. The Labute approximate surface area is 127 Å². The van der Waals surface area contributed by atoms with E-state index >= 15 is 0 Å². The Morgan fingerprint density at radius 3 is 2.48 bits per heavy atom. The van der Waals surface area contributed by atoms with Crippen LogP contribution in [0.3, 0.4) is 0 Å². The summed E-state index contributed by atoms with van der Waals surface area (Å²) in [7, 11) is 2.09. The SMILES string of the molecule is CCCC(CCC)(C(=O)NCC1CCN(C)C1)C(N)=NO. The maximum Gasteiger partial charge on any atom is 0.233 e. The van der Waals surface area contributed by atoms with Crippen LogP contribution in [0.15, 0.2) is 5.16 Å². The first-order valence-electron chi connectivity index (χ1n) is 7.95. The molecule has 0 aliphatic carbocycles. The molecule has 1 aliphatic heterocycles. The van der Waals surface area contributed by atoms with E-state index in [0.717, 1.165) is 32.4 Å². The number of amides is 1. The maximum atomic E-state index is 12.7. The van der Waals surface area contributed by atoms with Gasteiger partial charge in [0.05, 0.1) is 0 Å². The van der Waals surface area contributed by atoms with Crippen LogP contribution in [0.1, 0.15) is 46.0 Å². The van der Waals surface area contributed by atoms with Crippen LogP contribution in [0.4, 0.5) is 0 Å². The third kappa shape index (κ3) is 4.33. The number of carbonyl (C=O) groups is 1. The number of likely N-dealkylation sites (tertiary alicyclic amines) is 1. The van der Waals surface area contributed by atoms with Crippen LogP contribution in [0.5, 0.6) is 0 Å². The van der Waals surface area contributed by atoms with Crippen molar-refractivity contribution in [2.24, 2.45) is 22.2 Å². The molecule has 0 aromatic heterocycles. The molecule has 1 heterocycles. The first-order valence-corrected chi connectivity index (χ1v) is 7.95. The molecule has 1 atom stereocenters. The zero-order valence-corrected chi connectivity index (χ0v) is 13.6. The molecule has 122 valence electrons. The monoisotopic (exact) mass is 298 g/mol. The van der Waals surface area contributed by atoms with E-state index in [4.69, 9.17) is 10.9 Å². The fraction of sp³-hybridized carbons (Fsp3) is 0.867. The van der Waals surface area contributed by atoms with Crippen molar-refractivity contribution >= 4 is 11.7 Å². The van der Waals surface area contributed by atoms with Crippen LogP contribution >= 0.6 is 0 Å². The van der Waals surface area contributed by atoms with E-state index < -0.39 is 5.41 Å². The lowest BCUT2D eigenvalue weighted by Crippen LogP contribution is -2.50. The number of rotatable bonds is 8. The maximum absolute atomic E-state index is 12.7. The van der Waals surface area contributed by atoms with Crippen molar-refractivity contribution in [2.75, 3.05) is 26.7 Å². The smallest absolute Gasteiger partial charge is 0.233 e. The summed E-state index contributed by atoms with van der Waals surface area (Å²) in [6, 6.07) is 0. The van der Waals surface area contributed by atoms with Crippen LogP contribution in [0.25, 0.3) is 0 Å². The number of nitrogens with one attached hydrogen (secondary N) is 1. The summed E-state index contributed by atoms with van der Waals surface area (Å²) in [4.78, 5) is 15.0. The van der Waals surface area contributed by atoms with E-state index in [9.17, 15) is 4.79 Å². The number of nitrogens with zero attached hydrogens (tertiary/aromatic N) is 2. The van der Waals surface area contributed by atoms with Crippen LogP contribution in [0.2, 0.25) is 0 Å². The molecule has 1 aliphatic rings. The van der Waals surface area contributed by atoms with E-state index in [1.807, 2.05) is 13.8 Å². The zero-order valence-electron chi connectivity index (χ0n) is 13.6. The van der Waals surface area contributed by atoms with Crippen LogP contribution in [-0.4, -0.2) is 48.5 Å². The van der Waals surface area contributed by atoms with Gasteiger partial charge in [-0.1, -0.05) is 31.8 Å². The summed E-state index contributed by atoms with van der Waals surface area (Å²) < 4.78 is 0. The van der Waals surface area contributed by atoms with Gasteiger partial charge in [-0.3, -0.25) is 4.79 Å². The minimum Gasteiger partial charge on any atom is -0.409 e. The van der Waals surface area contributed by atoms with Gasteiger partial charge in [0.2, 0.25) is 5.91 Å². The average Bonchev–Trinajstić information content (AvgIpc) is 2.89. The molecule has 1 amide bonds. The zero-order chi connectivity index (χ0) is 15.9. The molecule has 0 bridgehead atoms. The predicted octanol–water partition coefficient (Wildman–Crippen LogP) is 1.39. The second kappa shape index (κ2) is 8.22. The second-order valence-electron chi connectivity index (χ2n) is 6.19. The van der Waals surface area contributed by atoms with Gasteiger partial charge >= 0.3 is 0 Å². The van der Waals surface area contributed by atoms with Crippen molar-refractivity contribution < 1.29 is 10.0 Å². The van der Waals surface area contributed by atoms with Crippen molar-refractivity contribution in [2.45, 2.75) is 46.0 Å². The van der Waals surface area contributed by atoms with Gasteiger partial charge < -0.3 is 21.2 Å². The molecular formula is C15H30N4O2. The van der Waals surface area contributed by atoms with Crippen molar-refractivity contribution in [3.05, 3.63) is 0 Å². The number of amidine groups is 1. The third-order valence-corrected chi connectivity index (χ3v) is 4.43. The highest BCUT2D eigenvalue weighted by atomic mass is 16.4. The Bertz CT molecular complexity index is 365. The molecule has 1 saturated heterocycles. The largest absolute Gasteiger partial charge is 0.409 e. The van der Waals surface area contributed by atoms with Crippen LogP contribution in [-0.2, 0) is 4.79 Å². The number of hydrogen-bond donors (Lipinski definition) is 3. The number of hydrogen-bond acceptors (Lipinski definition) is 4.